The van der Waals surface area contributed by atoms with Crippen LogP contribution in [0.4, 0.5) is 5.69 Å². The Balaban J connectivity index is 2.07. The quantitative estimate of drug-likeness (QED) is 0.829. The van der Waals surface area contributed by atoms with Gasteiger partial charge in [0.05, 0.1) is 0 Å². The van der Waals surface area contributed by atoms with Crippen LogP contribution in [0.3, 0.4) is 0 Å². The van der Waals surface area contributed by atoms with Crippen molar-refractivity contribution >= 4 is 5.69 Å². The number of anilines is 1. The Morgan fingerprint density at radius 1 is 1.06 bits per heavy atom. The van der Waals surface area contributed by atoms with E-state index in [2.05, 4.69) is 49.2 Å². The van der Waals surface area contributed by atoms with Crippen molar-refractivity contribution in [1.82, 2.24) is 4.90 Å². The Kier molecular flexibility index (Phi) is 4.00. The van der Waals surface area contributed by atoms with Gasteiger partial charge in [-0.3, -0.25) is 4.90 Å². The van der Waals surface area contributed by atoms with Gasteiger partial charge in [0.2, 0.25) is 0 Å². The van der Waals surface area contributed by atoms with Crippen LogP contribution in [0.25, 0.3) is 0 Å². The number of nitrogens with two attached hydrogens (primary N) is 1. The molecule has 0 spiro atoms. The maximum atomic E-state index is 5.83. The van der Waals surface area contributed by atoms with Gasteiger partial charge in [-0.1, -0.05) is 42.5 Å². The summed E-state index contributed by atoms with van der Waals surface area (Å²) in [6.07, 6.45) is 0. The minimum atomic E-state index is 0.355. The van der Waals surface area contributed by atoms with Crippen LogP contribution in [0.15, 0.2) is 54.6 Å². The molecule has 0 aliphatic heterocycles. The standard InChI is InChI=1S/C16H20N2/c1-13(15-9-6-10-16(17)11-15)18(2)12-14-7-4-3-5-8-14/h3-11,13H,12,17H2,1-2H3. The van der Waals surface area contributed by atoms with Crippen molar-refractivity contribution in [2.45, 2.75) is 19.5 Å². The highest BCUT2D eigenvalue weighted by Gasteiger charge is 2.11. The topological polar surface area (TPSA) is 29.3 Å². The SMILES string of the molecule is CC(c1cccc(N)c1)N(C)Cc1ccccc1. The normalized spacial score (nSPS) is 12.6. The molecular formula is C16H20N2. The second-order valence-corrected chi connectivity index (χ2v) is 4.75. The minimum Gasteiger partial charge on any atom is -0.399 e. The number of benzene rings is 2. The molecular weight excluding hydrogens is 220 g/mol. The van der Waals surface area contributed by atoms with E-state index in [0.29, 0.717) is 6.04 Å². The van der Waals surface area contributed by atoms with Gasteiger partial charge < -0.3 is 5.73 Å². The monoisotopic (exact) mass is 240 g/mol. The molecule has 0 aromatic heterocycles. The summed E-state index contributed by atoms with van der Waals surface area (Å²) in [7, 11) is 2.14. The van der Waals surface area contributed by atoms with Crippen LogP contribution in [-0.2, 0) is 6.54 Å². The van der Waals surface area contributed by atoms with Crippen molar-refractivity contribution in [3.05, 3.63) is 65.7 Å². The Labute approximate surface area is 109 Å². The summed E-state index contributed by atoms with van der Waals surface area (Å²) in [6.45, 7) is 3.15. The van der Waals surface area contributed by atoms with Crippen LogP contribution >= 0.6 is 0 Å². The second-order valence-electron chi connectivity index (χ2n) is 4.75. The van der Waals surface area contributed by atoms with E-state index in [1.807, 2.05) is 24.3 Å². The largest absolute Gasteiger partial charge is 0.399 e. The molecule has 0 saturated heterocycles. The molecule has 18 heavy (non-hydrogen) atoms. The Morgan fingerprint density at radius 3 is 2.44 bits per heavy atom. The molecule has 0 aliphatic carbocycles. The van der Waals surface area contributed by atoms with Crippen molar-refractivity contribution in [3.63, 3.8) is 0 Å². The molecule has 2 aromatic carbocycles. The fraction of sp³-hybridized carbons (Fsp3) is 0.250. The highest BCUT2D eigenvalue weighted by molar-refractivity contribution is 5.41. The number of hydrogen-bond acceptors (Lipinski definition) is 2. The van der Waals surface area contributed by atoms with E-state index in [-0.39, 0.29) is 0 Å². The summed E-state index contributed by atoms with van der Waals surface area (Å²) < 4.78 is 0. The van der Waals surface area contributed by atoms with E-state index in [9.17, 15) is 0 Å². The third-order valence-electron chi connectivity index (χ3n) is 3.33. The second kappa shape index (κ2) is 5.69. The lowest BCUT2D eigenvalue weighted by atomic mass is 10.1. The third-order valence-corrected chi connectivity index (χ3v) is 3.33. The Hall–Kier alpha value is -1.80. The Morgan fingerprint density at radius 2 is 1.78 bits per heavy atom. The zero-order valence-electron chi connectivity index (χ0n) is 11.0. The lowest BCUT2D eigenvalue weighted by Crippen LogP contribution is -2.21. The van der Waals surface area contributed by atoms with Crippen molar-refractivity contribution in [1.29, 1.82) is 0 Å². The summed E-state index contributed by atoms with van der Waals surface area (Å²) in [5, 5.41) is 0. The summed E-state index contributed by atoms with van der Waals surface area (Å²) in [4.78, 5) is 2.32. The van der Waals surface area contributed by atoms with E-state index >= 15 is 0 Å². The molecule has 0 bridgehead atoms. The predicted octanol–water partition coefficient (Wildman–Crippen LogP) is 3.46. The van der Waals surface area contributed by atoms with Gasteiger partial charge in [-0.2, -0.15) is 0 Å². The van der Waals surface area contributed by atoms with Gasteiger partial charge in [0.1, 0.15) is 0 Å². The number of rotatable bonds is 4. The maximum Gasteiger partial charge on any atom is 0.0321 e. The first-order valence-corrected chi connectivity index (χ1v) is 6.26. The average molecular weight is 240 g/mol. The fourth-order valence-electron chi connectivity index (χ4n) is 2.08. The highest BCUT2D eigenvalue weighted by atomic mass is 15.1. The molecule has 0 radical (unpaired) electrons. The first-order chi connectivity index (χ1) is 8.66. The molecule has 1 unspecified atom stereocenters. The van der Waals surface area contributed by atoms with Crippen LogP contribution in [0.2, 0.25) is 0 Å². The van der Waals surface area contributed by atoms with Crippen molar-refractivity contribution in [3.8, 4) is 0 Å². The summed E-state index contributed by atoms with van der Waals surface area (Å²) in [5.74, 6) is 0. The van der Waals surface area contributed by atoms with Crippen LogP contribution in [-0.4, -0.2) is 11.9 Å². The van der Waals surface area contributed by atoms with Gasteiger partial charge in [-0.25, -0.2) is 0 Å². The van der Waals surface area contributed by atoms with Gasteiger partial charge >= 0.3 is 0 Å². The number of nitrogen functional groups attached to an aromatic ring is 1. The molecule has 0 heterocycles. The molecule has 0 amide bonds. The minimum absolute atomic E-state index is 0.355. The lowest BCUT2D eigenvalue weighted by Gasteiger charge is -2.25. The van der Waals surface area contributed by atoms with Crippen LogP contribution in [0, 0.1) is 0 Å². The van der Waals surface area contributed by atoms with Gasteiger partial charge in [0.25, 0.3) is 0 Å². The zero-order chi connectivity index (χ0) is 13.0. The first kappa shape index (κ1) is 12.7. The molecule has 0 saturated carbocycles. The van der Waals surface area contributed by atoms with Crippen molar-refractivity contribution < 1.29 is 0 Å². The molecule has 1 atom stereocenters. The summed E-state index contributed by atoms with van der Waals surface area (Å²) in [5.41, 5.74) is 9.24. The zero-order valence-corrected chi connectivity index (χ0v) is 11.0. The smallest absolute Gasteiger partial charge is 0.0321 e. The molecule has 94 valence electrons. The predicted molar refractivity (Wildman–Crippen MR) is 77.2 cm³/mol. The highest BCUT2D eigenvalue weighted by Crippen LogP contribution is 2.22. The molecule has 2 rings (SSSR count). The van der Waals surface area contributed by atoms with Crippen LogP contribution < -0.4 is 5.73 Å². The third kappa shape index (κ3) is 3.11. The Bertz CT molecular complexity index is 493. The molecule has 2 aromatic rings. The van der Waals surface area contributed by atoms with E-state index in [0.717, 1.165) is 12.2 Å². The van der Waals surface area contributed by atoms with Crippen LogP contribution in [0.1, 0.15) is 24.1 Å². The van der Waals surface area contributed by atoms with E-state index < -0.39 is 0 Å². The van der Waals surface area contributed by atoms with E-state index in [4.69, 9.17) is 5.73 Å². The van der Waals surface area contributed by atoms with Crippen LogP contribution in [0.5, 0.6) is 0 Å². The molecule has 0 aliphatic rings. The van der Waals surface area contributed by atoms with E-state index in [1.54, 1.807) is 0 Å². The van der Waals surface area contributed by atoms with Crippen molar-refractivity contribution in [2.75, 3.05) is 12.8 Å². The van der Waals surface area contributed by atoms with Gasteiger partial charge in [0.15, 0.2) is 0 Å². The molecule has 2 heteroatoms. The van der Waals surface area contributed by atoms with Gasteiger partial charge in [-0.15, -0.1) is 0 Å². The summed E-state index contributed by atoms with van der Waals surface area (Å²) >= 11 is 0. The number of hydrogen-bond donors (Lipinski definition) is 1. The first-order valence-electron chi connectivity index (χ1n) is 6.26. The average Bonchev–Trinajstić information content (AvgIpc) is 2.39. The van der Waals surface area contributed by atoms with Gasteiger partial charge in [0, 0.05) is 18.3 Å². The number of nitrogens with zero attached hydrogens (tertiary/aromatic N) is 1. The van der Waals surface area contributed by atoms with E-state index in [1.165, 1.54) is 11.1 Å². The molecule has 2 nitrogen and oxygen atoms in total. The lowest BCUT2D eigenvalue weighted by molar-refractivity contribution is 0.253. The van der Waals surface area contributed by atoms with Gasteiger partial charge in [-0.05, 0) is 37.2 Å². The summed E-state index contributed by atoms with van der Waals surface area (Å²) in [6, 6.07) is 19.0. The fourth-order valence-corrected chi connectivity index (χ4v) is 2.08. The molecule has 0 fully saturated rings. The molecule has 2 N–H and O–H groups in total. The van der Waals surface area contributed by atoms with Crippen molar-refractivity contribution in [2.24, 2.45) is 0 Å². The maximum absolute atomic E-state index is 5.83.